The van der Waals surface area contributed by atoms with Gasteiger partial charge in [-0.05, 0) is 48.8 Å². The third-order valence-electron chi connectivity index (χ3n) is 5.53. The van der Waals surface area contributed by atoms with E-state index in [2.05, 4.69) is 27.9 Å². The first-order valence-corrected chi connectivity index (χ1v) is 9.33. The van der Waals surface area contributed by atoms with Crippen LogP contribution in [0.1, 0.15) is 43.2 Å². The summed E-state index contributed by atoms with van der Waals surface area (Å²) in [5, 5.41) is 11.0. The molecular weight excluding hydrogens is 312 g/mol. The van der Waals surface area contributed by atoms with Gasteiger partial charge < -0.3 is 10.6 Å². The maximum absolute atomic E-state index is 12.4. The van der Waals surface area contributed by atoms with E-state index in [1.807, 2.05) is 29.1 Å². The van der Waals surface area contributed by atoms with Crippen molar-refractivity contribution in [2.24, 2.45) is 5.92 Å². The third-order valence-corrected chi connectivity index (χ3v) is 5.53. The van der Waals surface area contributed by atoms with E-state index in [-0.39, 0.29) is 5.91 Å². The van der Waals surface area contributed by atoms with Crippen molar-refractivity contribution in [2.75, 3.05) is 0 Å². The molecule has 132 valence electrons. The molecule has 2 atom stereocenters. The highest BCUT2D eigenvalue weighted by atomic mass is 16.1. The first-order chi connectivity index (χ1) is 12.3. The average Bonchev–Trinajstić information content (AvgIpc) is 3.24. The quantitative estimate of drug-likeness (QED) is 0.851. The van der Waals surface area contributed by atoms with Crippen molar-refractivity contribution in [3.8, 4) is 0 Å². The third kappa shape index (κ3) is 4.10. The van der Waals surface area contributed by atoms with E-state index in [1.54, 1.807) is 6.20 Å². The molecule has 0 radical (unpaired) electrons. The highest BCUT2D eigenvalue weighted by Gasteiger charge is 2.34. The highest BCUT2D eigenvalue weighted by Crippen LogP contribution is 2.32. The lowest BCUT2D eigenvalue weighted by Gasteiger charge is -2.28. The summed E-state index contributed by atoms with van der Waals surface area (Å²) < 4.78 is 1.91. The number of aromatic nitrogens is 2. The summed E-state index contributed by atoms with van der Waals surface area (Å²) in [6.07, 6.45) is 9.28. The van der Waals surface area contributed by atoms with Crippen LogP contribution < -0.4 is 10.6 Å². The molecule has 4 rings (SSSR count). The van der Waals surface area contributed by atoms with E-state index in [1.165, 1.54) is 18.4 Å². The van der Waals surface area contributed by atoms with E-state index < -0.39 is 0 Å². The number of benzene rings is 1. The summed E-state index contributed by atoms with van der Waals surface area (Å²) in [6, 6.07) is 11.5. The number of carbonyl (C=O) groups excluding carboxylic acids is 1. The molecule has 5 nitrogen and oxygen atoms in total. The van der Waals surface area contributed by atoms with Gasteiger partial charge in [-0.3, -0.25) is 9.48 Å². The van der Waals surface area contributed by atoms with E-state index in [0.29, 0.717) is 31.0 Å². The fourth-order valence-corrected chi connectivity index (χ4v) is 4.32. The monoisotopic (exact) mass is 338 g/mol. The lowest BCUT2D eigenvalue weighted by Crippen LogP contribution is -2.39. The molecule has 5 heteroatoms. The van der Waals surface area contributed by atoms with Crippen LogP contribution in [0, 0.1) is 5.92 Å². The summed E-state index contributed by atoms with van der Waals surface area (Å²) in [5.74, 6) is 0.721. The molecule has 1 amide bonds. The first-order valence-electron chi connectivity index (χ1n) is 9.33. The van der Waals surface area contributed by atoms with Gasteiger partial charge in [0, 0.05) is 37.4 Å². The topological polar surface area (TPSA) is 59.0 Å². The Labute approximate surface area is 148 Å². The van der Waals surface area contributed by atoms with Crippen LogP contribution in [-0.2, 0) is 17.9 Å². The molecule has 2 unspecified atom stereocenters. The van der Waals surface area contributed by atoms with Crippen molar-refractivity contribution >= 4 is 5.91 Å². The van der Waals surface area contributed by atoms with Gasteiger partial charge in [-0.15, -0.1) is 0 Å². The van der Waals surface area contributed by atoms with Crippen molar-refractivity contribution < 1.29 is 4.79 Å². The summed E-state index contributed by atoms with van der Waals surface area (Å²) in [5.41, 5.74) is 2.36. The van der Waals surface area contributed by atoms with Crippen molar-refractivity contribution in [2.45, 2.75) is 57.3 Å². The van der Waals surface area contributed by atoms with Crippen LogP contribution in [0.5, 0.6) is 0 Å². The van der Waals surface area contributed by atoms with Gasteiger partial charge in [0.1, 0.15) is 0 Å². The Hall–Kier alpha value is -2.14. The smallest absolute Gasteiger partial charge is 0.220 e. The highest BCUT2D eigenvalue weighted by molar-refractivity contribution is 5.76. The minimum atomic E-state index is 0.181. The molecule has 2 N–H and O–H groups in total. The zero-order chi connectivity index (χ0) is 17.1. The largest absolute Gasteiger partial charge is 0.352 e. The van der Waals surface area contributed by atoms with Crippen LogP contribution in [-0.4, -0.2) is 27.8 Å². The number of nitrogens with one attached hydrogen (secondary N) is 2. The van der Waals surface area contributed by atoms with E-state index in [0.717, 1.165) is 24.9 Å². The first kappa shape index (κ1) is 16.3. The van der Waals surface area contributed by atoms with Crippen LogP contribution in [0.15, 0.2) is 42.7 Å². The standard InChI is InChI=1S/C20H26N4O/c25-20(12-15-10-18-6-7-19(11-15)23-18)21-13-16-4-1-2-5-17(16)14-24-9-3-8-22-24/h1-5,8-9,15,18-19,23H,6-7,10-14H2,(H,21,25). The lowest BCUT2D eigenvalue weighted by atomic mass is 9.89. The average molecular weight is 338 g/mol. The summed E-state index contributed by atoms with van der Waals surface area (Å²) in [4.78, 5) is 12.4. The van der Waals surface area contributed by atoms with E-state index in [4.69, 9.17) is 0 Å². The molecule has 2 saturated heterocycles. The molecule has 2 bridgehead atoms. The van der Waals surface area contributed by atoms with E-state index >= 15 is 0 Å². The summed E-state index contributed by atoms with van der Waals surface area (Å²) in [7, 11) is 0. The fourth-order valence-electron chi connectivity index (χ4n) is 4.32. The number of fused-ring (bicyclic) bond motifs is 2. The Balaban J connectivity index is 1.31. The Morgan fingerprint density at radius 3 is 2.64 bits per heavy atom. The van der Waals surface area contributed by atoms with E-state index in [9.17, 15) is 4.79 Å². The van der Waals surface area contributed by atoms with Crippen LogP contribution in [0.25, 0.3) is 0 Å². The number of hydrogen-bond acceptors (Lipinski definition) is 3. The van der Waals surface area contributed by atoms with Gasteiger partial charge in [0.2, 0.25) is 5.91 Å². The second-order valence-corrected chi connectivity index (χ2v) is 7.43. The number of rotatable bonds is 6. The van der Waals surface area contributed by atoms with Crippen LogP contribution >= 0.6 is 0 Å². The molecule has 0 spiro atoms. The Bertz CT molecular complexity index is 700. The predicted molar refractivity (Wildman–Crippen MR) is 96.9 cm³/mol. The fraction of sp³-hybridized carbons (Fsp3) is 0.500. The van der Waals surface area contributed by atoms with Gasteiger partial charge in [-0.1, -0.05) is 24.3 Å². The zero-order valence-electron chi connectivity index (χ0n) is 14.5. The molecule has 1 aromatic heterocycles. The van der Waals surface area contributed by atoms with Crippen molar-refractivity contribution in [3.63, 3.8) is 0 Å². The Morgan fingerprint density at radius 1 is 1.16 bits per heavy atom. The predicted octanol–water partition coefficient (Wildman–Crippen LogP) is 2.47. The maximum atomic E-state index is 12.4. The van der Waals surface area contributed by atoms with Gasteiger partial charge >= 0.3 is 0 Å². The number of amides is 1. The van der Waals surface area contributed by atoms with Gasteiger partial charge in [0.05, 0.1) is 6.54 Å². The zero-order valence-corrected chi connectivity index (χ0v) is 14.5. The lowest BCUT2D eigenvalue weighted by molar-refractivity contribution is -0.122. The van der Waals surface area contributed by atoms with Gasteiger partial charge in [0.25, 0.3) is 0 Å². The van der Waals surface area contributed by atoms with Crippen molar-refractivity contribution in [1.29, 1.82) is 0 Å². The minimum Gasteiger partial charge on any atom is -0.352 e. The molecule has 2 aromatic rings. The van der Waals surface area contributed by atoms with Crippen LogP contribution in [0.3, 0.4) is 0 Å². The second kappa shape index (κ2) is 7.40. The van der Waals surface area contributed by atoms with Gasteiger partial charge in [0.15, 0.2) is 0 Å². The molecule has 2 aliphatic heterocycles. The summed E-state index contributed by atoms with van der Waals surface area (Å²) >= 11 is 0. The minimum absolute atomic E-state index is 0.181. The molecule has 25 heavy (non-hydrogen) atoms. The normalized spacial score (nSPS) is 25.0. The Morgan fingerprint density at radius 2 is 1.92 bits per heavy atom. The Kier molecular flexibility index (Phi) is 4.83. The van der Waals surface area contributed by atoms with Crippen LogP contribution in [0.4, 0.5) is 0 Å². The SMILES string of the molecule is O=C(CC1CC2CCC(C1)N2)NCc1ccccc1Cn1cccn1. The maximum Gasteiger partial charge on any atom is 0.220 e. The van der Waals surface area contributed by atoms with Crippen LogP contribution in [0.2, 0.25) is 0 Å². The van der Waals surface area contributed by atoms with Gasteiger partial charge in [-0.2, -0.15) is 5.10 Å². The molecule has 1 aromatic carbocycles. The number of hydrogen-bond donors (Lipinski definition) is 2. The summed E-state index contributed by atoms with van der Waals surface area (Å²) in [6.45, 7) is 1.32. The molecular formula is C20H26N4O. The molecule has 3 heterocycles. The number of carbonyl (C=O) groups is 1. The molecule has 2 aliphatic rings. The molecule has 2 fully saturated rings. The van der Waals surface area contributed by atoms with Gasteiger partial charge in [-0.25, -0.2) is 0 Å². The second-order valence-electron chi connectivity index (χ2n) is 7.43. The number of piperidine rings is 1. The van der Waals surface area contributed by atoms with Crippen molar-refractivity contribution in [3.05, 3.63) is 53.9 Å². The number of nitrogens with zero attached hydrogens (tertiary/aromatic N) is 2. The van der Waals surface area contributed by atoms with Crippen molar-refractivity contribution in [1.82, 2.24) is 20.4 Å². The molecule has 0 aliphatic carbocycles. The molecule has 0 saturated carbocycles.